The van der Waals surface area contributed by atoms with Crippen molar-refractivity contribution < 1.29 is 19.1 Å². The van der Waals surface area contributed by atoms with Crippen LogP contribution in [0.3, 0.4) is 0 Å². The summed E-state index contributed by atoms with van der Waals surface area (Å²) in [6, 6.07) is 7.12. The molecule has 0 radical (unpaired) electrons. The van der Waals surface area contributed by atoms with Crippen LogP contribution in [0.1, 0.15) is 18.4 Å². The molecule has 7 heteroatoms. The van der Waals surface area contributed by atoms with Gasteiger partial charge in [0.25, 0.3) is 0 Å². The Kier molecular flexibility index (Phi) is 4.59. The van der Waals surface area contributed by atoms with E-state index in [9.17, 15) is 14.4 Å². The van der Waals surface area contributed by atoms with Crippen molar-refractivity contribution in [3.8, 4) is 5.75 Å². The van der Waals surface area contributed by atoms with Crippen molar-refractivity contribution >= 4 is 17.8 Å². The SMILES string of the molecule is COc1ccc(CNC(=O)N2CC(N3C(=O)C4CC=CCC4C3=O)C2)cc1. The zero-order valence-corrected chi connectivity index (χ0v) is 15.3. The standard InChI is InChI=1S/C20H23N3O4/c1-27-15-8-6-13(7-9-15)10-21-20(26)22-11-14(12-22)23-18(24)16-4-2-3-5-17(16)19(23)25/h2-3,6-9,14,16-17H,4-5,10-12H2,1H3,(H,21,26). The lowest BCUT2D eigenvalue weighted by Crippen LogP contribution is -2.64. The summed E-state index contributed by atoms with van der Waals surface area (Å²) in [7, 11) is 1.61. The molecule has 2 fully saturated rings. The van der Waals surface area contributed by atoms with E-state index in [1.807, 2.05) is 36.4 Å². The third-order valence-electron chi connectivity index (χ3n) is 5.66. The number of hydrogen-bond donors (Lipinski definition) is 1. The Bertz CT molecular complexity index is 757. The maximum absolute atomic E-state index is 12.6. The van der Waals surface area contributed by atoms with Gasteiger partial charge in [0.1, 0.15) is 5.75 Å². The summed E-state index contributed by atoms with van der Waals surface area (Å²) < 4.78 is 5.11. The van der Waals surface area contributed by atoms with Crippen LogP contribution in [0.2, 0.25) is 0 Å². The van der Waals surface area contributed by atoms with Gasteiger partial charge in [-0.3, -0.25) is 14.5 Å². The highest BCUT2D eigenvalue weighted by Crippen LogP contribution is 2.37. The Labute approximate surface area is 158 Å². The molecule has 2 aliphatic heterocycles. The van der Waals surface area contributed by atoms with E-state index >= 15 is 0 Å². The van der Waals surface area contributed by atoms with Gasteiger partial charge in [0.15, 0.2) is 0 Å². The minimum Gasteiger partial charge on any atom is -0.497 e. The van der Waals surface area contributed by atoms with E-state index in [2.05, 4.69) is 5.32 Å². The summed E-state index contributed by atoms with van der Waals surface area (Å²) in [6.07, 6.45) is 5.25. The van der Waals surface area contributed by atoms with Crippen LogP contribution in [0.4, 0.5) is 4.79 Å². The zero-order chi connectivity index (χ0) is 19.0. The lowest BCUT2D eigenvalue weighted by molar-refractivity contribution is -0.145. The number of fused-ring (bicyclic) bond motifs is 1. The number of urea groups is 1. The molecule has 3 aliphatic rings. The molecule has 27 heavy (non-hydrogen) atoms. The van der Waals surface area contributed by atoms with Crippen LogP contribution >= 0.6 is 0 Å². The molecule has 1 aliphatic carbocycles. The van der Waals surface area contributed by atoms with Crippen LogP contribution in [0.5, 0.6) is 5.75 Å². The smallest absolute Gasteiger partial charge is 0.317 e. The van der Waals surface area contributed by atoms with Crippen molar-refractivity contribution in [2.45, 2.75) is 25.4 Å². The predicted octanol–water partition coefficient (Wildman–Crippen LogP) is 1.54. The second-order valence-electron chi connectivity index (χ2n) is 7.27. The highest BCUT2D eigenvalue weighted by Gasteiger charge is 2.52. The second kappa shape index (κ2) is 7.06. The van der Waals surface area contributed by atoms with Gasteiger partial charge >= 0.3 is 6.03 Å². The first-order valence-electron chi connectivity index (χ1n) is 9.26. The largest absolute Gasteiger partial charge is 0.497 e. The normalized spacial score (nSPS) is 24.6. The second-order valence-corrected chi connectivity index (χ2v) is 7.27. The molecule has 4 amide bonds. The number of hydrogen-bond acceptors (Lipinski definition) is 4. The lowest BCUT2D eigenvalue weighted by atomic mass is 9.85. The molecule has 2 atom stereocenters. The number of imide groups is 1. The first-order valence-corrected chi connectivity index (χ1v) is 9.26. The molecule has 4 rings (SSSR count). The van der Waals surface area contributed by atoms with Crippen LogP contribution in [-0.4, -0.2) is 53.9 Å². The van der Waals surface area contributed by atoms with E-state index in [0.717, 1.165) is 11.3 Å². The number of amides is 4. The fourth-order valence-corrected chi connectivity index (χ4v) is 4.00. The summed E-state index contributed by atoms with van der Waals surface area (Å²) in [4.78, 5) is 40.5. The molecule has 2 heterocycles. The van der Waals surface area contributed by atoms with Crippen molar-refractivity contribution in [3.63, 3.8) is 0 Å². The van der Waals surface area contributed by atoms with Crippen LogP contribution in [0.25, 0.3) is 0 Å². The van der Waals surface area contributed by atoms with Crippen LogP contribution in [0.15, 0.2) is 36.4 Å². The van der Waals surface area contributed by atoms with Gasteiger partial charge in [0.2, 0.25) is 11.8 Å². The van der Waals surface area contributed by atoms with E-state index in [0.29, 0.717) is 32.5 Å². The summed E-state index contributed by atoms with van der Waals surface area (Å²) >= 11 is 0. The molecule has 1 N–H and O–H groups in total. The molecule has 0 saturated carbocycles. The molecule has 0 spiro atoms. The van der Waals surface area contributed by atoms with Gasteiger partial charge in [0.05, 0.1) is 25.0 Å². The molecule has 2 unspecified atom stereocenters. The number of methoxy groups -OCH3 is 1. The number of nitrogens with one attached hydrogen (secondary N) is 1. The minimum atomic E-state index is -0.208. The molecule has 142 valence electrons. The van der Waals surface area contributed by atoms with Gasteiger partial charge in [-0.15, -0.1) is 0 Å². The Morgan fingerprint density at radius 3 is 2.22 bits per heavy atom. The molecule has 1 aromatic rings. The topological polar surface area (TPSA) is 79.0 Å². The number of likely N-dealkylation sites (tertiary alicyclic amines) is 2. The summed E-state index contributed by atoms with van der Waals surface area (Å²) in [5, 5.41) is 2.87. The van der Waals surface area contributed by atoms with Crippen LogP contribution in [-0.2, 0) is 16.1 Å². The van der Waals surface area contributed by atoms with Crippen molar-refractivity contribution in [2.24, 2.45) is 11.8 Å². The van der Waals surface area contributed by atoms with Gasteiger partial charge in [-0.25, -0.2) is 4.79 Å². The predicted molar refractivity (Wildman–Crippen MR) is 97.8 cm³/mol. The van der Waals surface area contributed by atoms with E-state index in [4.69, 9.17) is 4.74 Å². The van der Waals surface area contributed by atoms with Crippen molar-refractivity contribution in [1.29, 1.82) is 0 Å². The highest BCUT2D eigenvalue weighted by atomic mass is 16.5. The number of rotatable bonds is 4. The Morgan fingerprint density at radius 1 is 1.07 bits per heavy atom. The van der Waals surface area contributed by atoms with E-state index in [-0.39, 0.29) is 35.7 Å². The number of nitrogens with zero attached hydrogens (tertiary/aromatic N) is 2. The van der Waals surface area contributed by atoms with Gasteiger partial charge in [-0.2, -0.15) is 0 Å². The van der Waals surface area contributed by atoms with Crippen molar-refractivity contribution in [2.75, 3.05) is 20.2 Å². The Hall–Kier alpha value is -2.83. The summed E-state index contributed by atoms with van der Waals surface area (Å²) in [5.74, 6) is 0.211. The number of allylic oxidation sites excluding steroid dienone is 2. The van der Waals surface area contributed by atoms with Crippen molar-refractivity contribution in [1.82, 2.24) is 15.1 Å². The van der Waals surface area contributed by atoms with Gasteiger partial charge in [0, 0.05) is 19.6 Å². The molecular weight excluding hydrogens is 346 g/mol. The van der Waals surface area contributed by atoms with Crippen LogP contribution < -0.4 is 10.1 Å². The number of carbonyl (C=O) groups is 3. The van der Waals surface area contributed by atoms with E-state index in [1.165, 1.54) is 4.90 Å². The van der Waals surface area contributed by atoms with E-state index < -0.39 is 0 Å². The molecule has 0 bridgehead atoms. The Morgan fingerprint density at radius 2 is 1.67 bits per heavy atom. The van der Waals surface area contributed by atoms with Crippen LogP contribution in [0, 0.1) is 11.8 Å². The van der Waals surface area contributed by atoms with Crippen molar-refractivity contribution in [3.05, 3.63) is 42.0 Å². The summed E-state index contributed by atoms with van der Waals surface area (Å²) in [6.45, 7) is 1.22. The highest BCUT2D eigenvalue weighted by molar-refractivity contribution is 6.06. The molecular formula is C20H23N3O4. The Balaban J connectivity index is 1.28. The molecule has 7 nitrogen and oxygen atoms in total. The summed E-state index contributed by atoms with van der Waals surface area (Å²) in [5.41, 5.74) is 0.975. The zero-order valence-electron chi connectivity index (χ0n) is 15.3. The number of carbonyl (C=O) groups excluding carboxylic acids is 3. The third kappa shape index (κ3) is 3.18. The van der Waals surface area contributed by atoms with Gasteiger partial charge in [-0.05, 0) is 30.5 Å². The lowest BCUT2D eigenvalue weighted by Gasteiger charge is -2.43. The fraction of sp³-hybridized carbons (Fsp3) is 0.450. The minimum absolute atomic E-state index is 0.0716. The molecule has 0 aromatic heterocycles. The maximum Gasteiger partial charge on any atom is 0.317 e. The quantitative estimate of drug-likeness (QED) is 0.645. The maximum atomic E-state index is 12.6. The molecule has 2 saturated heterocycles. The first-order chi connectivity index (χ1) is 13.1. The first kappa shape index (κ1) is 17.6. The monoisotopic (exact) mass is 369 g/mol. The van der Waals surface area contributed by atoms with E-state index in [1.54, 1.807) is 12.0 Å². The third-order valence-corrected chi connectivity index (χ3v) is 5.66. The fourth-order valence-electron chi connectivity index (χ4n) is 4.00. The number of benzene rings is 1. The number of ether oxygens (including phenoxy) is 1. The average Bonchev–Trinajstić information content (AvgIpc) is 2.91. The van der Waals surface area contributed by atoms with Gasteiger partial charge in [-0.1, -0.05) is 24.3 Å². The van der Waals surface area contributed by atoms with Gasteiger partial charge < -0.3 is 15.0 Å². The molecule has 1 aromatic carbocycles. The average molecular weight is 369 g/mol.